The van der Waals surface area contributed by atoms with Crippen molar-refractivity contribution in [2.45, 2.75) is 51.9 Å². The second-order valence-electron chi connectivity index (χ2n) is 10.3. The van der Waals surface area contributed by atoms with Gasteiger partial charge in [-0.2, -0.15) is 0 Å². The van der Waals surface area contributed by atoms with Gasteiger partial charge in [0, 0.05) is 16.9 Å². The minimum Gasteiger partial charge on any atom is -0.508 e. The van der Waals surface area contributed by atoms with Gasteiger partial charge in [-0.05, 0) is 55.2 Å². The average molecular weight is 437 g/mol. The molecule has 1 saturated heterocycles. The maximum atomic E-state index is 11.9. The number of rotatable bonds is 3. The molecule has 32 heavy (non-hydrogen) atoms. The van der Waals surface area contributed by atoms with Gasteiger partial charge in [0.1, 0.15) is 12.4 Å². The van der Waals surface area contributed by atoms with Crippen LogP contribution in [0, 0.1) is 22.7 Å². The summed E-state index contributed by atoms with van der Waals surface area (Å²) in [6, 6.07) is 7.08. The first-order valence-corrected chi connectivity index (χ1v) is 11.6. The van der Waals surface area contributed by atoms with Gasteiger partial charge in [-0.1, -0.05) is 50.3 Å². The Hall–Kier alpha value is -2.37. The molecule has 1 N–H and O–H groups in total. The van der Waals surface area contributed by atoms with Gasteiger partial charge < -0.3 is 19.3 Å². The number of benzene rings is 1. The topological polar surface area (TPSA) is 65.0 Å². The smallest absolute Gasteiger partial charge is 0.338 e. The van der Waals surface area contributed by atoms with Crippen molar-refractivity contribution in [2.75, 3.05) is 13.2 Å². The number of hydrogen-bond donors (Lipinski definition) is 1. The SMILES string of the molecule is C=C1CC[C@@H]2[C@]3(C)CO[C@@H](c4ccc(O)cc4)O[C@@H]3CC[C@@]2(C)[C@@H]1/C=C/C1=CCOC1=O. The van der Waals surface area contributed by atoms with Crippen molar-refractivity contribution >= 4 is 5.97 Å². The molecule has 0 aromatic heterocycles. The first kappa shape index (κ1) is 21.5. The van der Waals surface area contributed by atoms with E-state index < -0.39 is 6.29 Å². The summed E-state index contributed by atoms with van der Waals surface area (Å²) in [5, 5.41) is 9.59. The predicted octanol–water partition coefficient (Wildman–Crippen LogP) is 5.23. The van der Waals surface area contributed by atoms with Crippen LogP contribution in [0.5, 0.6) is 5.75 Å². The van der Waals surface area contributed by atoms with Crippen LogP contribution < -0.4 is 0 Å². The molecule has 0 unspecified atom stereocenters. The van der Waals surface area contributed by atoms with Crippen LogP contribution in [0.2, 0.25) is 0 Å². The van der Waals surface area contributed by atoms with E-state index in [1.807, 2.05) is 24.3 Å². The van der Waals surface area contributed by atoms with Crippen molar-refractivity contribution in [1.29, 1.82) is 0 Å². The lowest BCUT2D eigenvalue weighted by Crippen LogP contribution is -2.60. The number of carbonyl (C=O) groups is 1. The van der Waals surface area contributed by atoms with Gasteiger partial charge in [0.15, 0.2) is 6.29 Å². The van der Waals surface area contributed by atoms with E-state index in [0.717, 1.165) is 31.2 Å². The Labute approximate surface area is 189 Å². The lowest BCUT2D eigenvalue weighted by Gasteiger charge is -2.62. The van der Waals surface area contributed by atoms with Crippen LogP contribution in [0.25, 0.3) is 0 Å². The highest BCUT2D eigenvalue weighted by Gasteiger charge is 2.60. The molecule has 2 saturated carbocycles. The second kappa shape index (κ2) is 7.89. The summed E-state index contributed by atoms with van der Waals surface area (Å²) < 4.78 is 17.8. The van der Waals surface area contributed by atoms with Gasteiger partial charge in [0.25, 0.3) is 0 Å². The summed E-state index contributed by atoms with van der Waals surface area (Å²) in [4.78, 5) is 11.9. The number of carbonyl (C=O) groups excluding carboxylic acids is 1. The number of esters is 1. The summed E-state index contributed by atoms with van der Waals surface area (Å²) >= 11 is 0. The van der Waals surface area contributed by atoms with Crippen molar-refractivity contribution in [3.8, 4) is 5.75 Å². The van der Waals surface area contributed by atoms with Crippen molar-refractivity contribution in [3.63, 3.8) is 0 Å². The van der Waals surface area contributed by atoms with Crippen LogP contribution in [-0.4, -0.2) is 30.4 Å². The van der Waals surface area contributed by atoms with Crippen molar-refractivity contribution < 1.29 is 24.1 Å². The lowest BCUT2D eigenvalue weighted by molar-refractivity contribution is -0.306. The summed E-state index contributed by atoms with van der Waals surface area (Å²) in [5.41, 5.74) is 2.78. The van der Waals surface area contributed by atoms with Crippen molar-refractivity contribution in [1.82, 2.24) is 0 Å². The van der Waals surface area contributed by atoms with Gasteiger partial charge in [0.2, 0.25) is 0 Å². The van der Waals surface area contributed by atoms with E-state index in [2.05, 4.69) is 26.5 Å². The first-order valence-electron chi connectivity index (χ1n) is 11.6. The molecule has 0 amide bonds. The van der Waals surface area contributed by atoms with E-state index in [0.29, 0.717) is 24.7 Å². The third-order valence-corrected chi connectivity index (χ3v) is 8.40. The highest BCUT2D eigenvalue weighted by Crippen LogP contribution is 2.63. The molecule has 1 aromatic carbocycles. The van der Waals surface area contributed by atoms with Gasteiger partial charge in [-0.15, -0.1) is 0 Å². The number of hydrogen-bond acceptors (Lipinski definition) is 5. The maximum Gasteiger partial charge on any atom is 0.338 e. The normalized spacial score (nSPS) is 39.4. The van der Waals surface area contributed by atoms with E-state index in [-0.39, 0.29) is 34.6 Å². The Morgan fingerprint density at radius 1 is 1.16 bits per heavy atom. The van der Waals surface area contributed by atoms with Crippen LogP contribution in [0.4, 0.5) is 0 Å². The third-order valence-electron chi connectivity index (χ3n) is 8.40. The first-order chi connectivity index (χ1) is 15.3. The Bertz CT molecular complexity index is 976. The Morgan fingerprint density at radius 2 is 1.94 bits per heavy atom. The molecule has 5 heteroatoms. The molecule has 1 aromatic rings. The fraction of sp³-hybridized carbons (Fsp3) is 0.519. The number of fused-ring (bicyclic) bond motifs is 3. The fourth-order valence-electron chi connectivity index (χ4n) is 6.64. The molecule has 5 nitrogen and oxygen atoms in total. The molecule has 2 aliphatic carbocycles. The molecule has 3 fully saturated rings. The van der Waals surface area contributed by atoms with Crippen LogP contribution in [-0.2, 0) is 19.0 Å². The number of allylic oxidation sites excluding steroid dienone is 2. The van der Waals surface area contributed by atoms with E-state index in [9.17, 15) is 9.90 Å². The molecule has 170 valence electrons. The van der Waals surface area contributed by atoms with E-state index >= 15 is 0 Å². The molecule has 4 aliphatic rings. The lowest BCUT2D eigenvalue weighted by atomic mass is 9.46. The Balaban J connectivity index is 1.38. The number of phenols is 1. The largest absolute Gasteiger partial charge is 0.508 e. The molecular weight excluding hydrogens is 404 g/mol. The minimum absolute atomic E-state index is 0.0399. The van der Waals surface area contributed by atoms with Crippen LogP contribution in [0.1, 0.15) is 51.4 Å². The monoisotopic (exact) mass is 436 g/mol. The van der Waals surface area contributed by atoms with E-state index in [1.165, 1.54) is 5.57 Å². The van der Waals surface area contributed by atoms with Gasteiger partial charge >= 0.3 is 5.97 Å². The van der Waals surface area contributed by atoms with Crippen LogP contribution in [0.15, 0.2) is 60.2 Å². The number of cyclic esters (lactones) is 1. The minimum atomic E-state index is -0.396. The summed E-state index contributed by atoms with van der Waals surface area (Å²) in [6.07, 6.45) is 9.74. The zero-order valence-electron chi connectivity index (χ0n) is 18.9. The molecular formula is C27H32O5. The number of ether oxygens (including phenoxy) is 3. The van der Waals surface area contributed by atoms with Crippen molar-refractivity contribution in [3.05, 3.63) is 65.8 Å². The van der Waals surface area contributed by atoms with Crippen LogP contribution >= 0.6 is 0 Å². The third kappa shape index (κ3) is 3.43. The zero-order chi connectivity index (χ0) is 22.5. The predicted molar refractivity (Wildman–Crippen MR) is 121 cm³/mol. The summed E-state index contributed by atoms with van der Waals surface area (Å²) in [5.74, 6) is 0.641. The standard InChI is InChI=1S/C27H32O5/c1-17-4-11-22-26(2,21(17)10-7-18-13-15-30-24(18)29)14-12-23-27(22,3)16-31-25(32-23)19-5-8-20(28)9-6-19/h5-10,13,21-23,25,28H,1,4,11-12,14-16H2,2-3H3/b10-7+/t21-,22+,23-,25-,26+,27+/m1/s1. The molecule has 0 bridgehead atoms. The zero-order valence-corrected chi connectivity index (χ0v) is 18.9. The van der Waals surface area contributed by atoms with Crippen LogP contribution in [0.3, 0.4) is 0 Å². The van der Waals surface area contributed by atoms with Gasteiger partial charge in [-0.25, -0.2) is 4.79 Å². The average Bonchev–Trinajstić information content (AvgIpc) is 3.18. The maximum absolute atomic E-state index is 11.9. The summed E-state index contributed by atoms with van der Waals surface area (Å²) in [7, 11) is 0. The molecule has 0 spiro atoms. The molecule has 2 aliphatic heterocycles. The Morgan fingerprint density at radius 3 is 2.66 bits per heavy atom. The van der Waals surface area contributed by atoms with E-state index in [4.69, 9.17) is 14.2 Å². The van der Waals surface area contributed by atoms with E-state index in [1.54, 1.807) is 12.1 Å². The molecule has 6 atom stereocenters. The molecule has 2 heterocycles. The fourth-order valence-corrected chi connectivity index (χ4v) is 6.64. The van der Waals surface area contributed by atoms with Crippen molar-refractivity contribution in [2.24, 2.45) is 22.7 Å². The number of aromatic hydroxyl groups is 1. The number of phenolic OH excluding ortho intramolecular Hbond substituents is 1. The highest BCUT2D eigenvalue weighted by molar-refractivity contribution is 5.93. The summed E-state index contributed by atoms with van der Waals surface area (Å²) in [6.45, 7) is 10.1. The van der Waals surface area contributed by atoms with Gasteiger partial charge in [-0.3, -0.25) is 0 Å². The molecule has 5 rings (SSSR count). The quantitative estimate of drug-likeness (QED) is 0.519. The highest BCUT2D eigenvalue weighted by atomic mass is 16.7. The molecule has 0 radical (unpaired) electrons. The second-order valence-corrected chi connectivity index (χ2v) is 10.3. The van der Waals surface area contributed by atoms with Gasteiger partial charge in [0.05, 0.1) is 18.3 Å². The Kier molecular flexibility index (Phi) is 5.30.